The van der Waals surface area contributed by atoms with Gasteiger partial charge in [-0.3, -0.25) is 4.79 Å². The Kier molecular flexibility index (Phi) is 6.67. The Morgan fingerprint density at radius 1 is 1.00 bits per heavy atom. The van der Waals surface area contributed by atoms with E-state index in [-0.39, 0.29) is 11.4 Å². The molecule has 0 bridgehead atoms. The van der Waals surface area contributed by atoms with E-state index >= 15 is 0 Å². The predicted octanol–water partition coefficient (Wildman–Crippen LogP) is 4.93. The summed E-state index contributed by atoms with van der Waals surface area (Å²) in [7, 11) is 1.61. The Bertz CT molecular complexity index is 744. The van der Waals surface area contributed by atoms with Crippen molar-refractivity contribution < 1.29 is 19.0 Å². The molecule has 2 aromatic carbocycles. The second-order valence-electron chi connectivity index (χ2n) is 7.14. The molecular formula is C22H28O4. The number of methoxy groups -OCH3 is 1. The summed E-state index contributed by atoms with van der Waals surface area (Å²) in [6.07, 6.45) is 0.884. The zero-order valence-corrected chi connectivity index (χ0v) is 16.3. The molecule has 0 saturated heterocycles. The predicted molar refractivity (Wildman–Crippen MR) is 103 cm³/mol. The highest BCUT2D eigenvalue weighted by atomic mass is 16.5. The first kappa shape index (κ1) is 19.8. The van der Waals surface area contributed by atoms with Crippen molar-refractivity contribution in [2.45, 2.75) is 46.0 Å². The van der Waals surface area contributed by atoms with Gasteiger partial charge in [0.25, 0.3) is 0 Å². The van der Waals surface area contributed by atoms with E-state index in [0.29, 0.717) is 36.7 Å². The lowest BCUT2D eigenvalue weighted by atomic mass is 9.86. The second-order valence-corrected chi connectivity index (χ2v) is 7.14. The molecule has 0 atom stereocenters. The van der Waals surface area contributed by atoms with Crippen LogP contribution in [0.2, 0.25) is 0 Å². The van der Waals surface area contributed by atoms with Crippen molar-refractivity contribution in [1.29, 1.82) is 0 Å². The van der Waals surface area contributed by atoms with E-state index in [0.717, 1.165) is 11.1 Å². The number of carbonyl (C=O) groups is 1. The van der Waals surface area contributed by atoms with Crippen LogP contribution < -0.4 is 14.2 Å². The molecule has 140 valence electrons. The van der Waals surface area contributed by atoms with Gasteiger partial charge in [-0.1, -0.05) is 45.0 Å². The quantitative estimate of drug-likeness (QED) is 0.521. The summed E-state index contributed by atoms with van der Waals surface area (Å²) in [4.78, 5) is 12.3. The van der Waals surface area contributed by atoms with E-state index in [1.54, 1.807) is 7.11 Å². The number of benzene rings is 2. The van der Waals surface area contributed by atoms with Crippen LogP contribution in [0.15, 0.2) is 42.5 Å². The molecule has 0 radical (unpaired) electrons. The van der Waals surface area contributed by atoms with Crippen LogP contribution in [-0.4, -0.2) is 19.7 Å². The molecule has 0 aliphatic heterocycles. The van der Waals surface area contributed by atoms with Gasteiger partial charge < -0.3 is 14.2 Å². The number of hydrogen-bond acceptors (Lipinski definition) is 4. The van der Waals surface area contributed by atoms with Gasteiger partial charge >= 0.3 is 5.97 Å². The fourth-order valence-electron chi connectivity index (χ4n) is 2.74. The van der Waals surface area contributed by atoms with Crippen LogP contribution in [-0.2, 0) is 16.6 Å². The van der Waals surface area contributed by atoms with Gasteiger partial charge in [-0.15, -0.1) is 0 Å². The molecule has 0 fully saturated rings. The molecule has 0 aliphatic carbocycles. The Hall–Kier alpha value is -2.49. The second kappa shape index (κ2) is 8.75. The number of carbonyl (C=O) groups excluding carboxylic acids is 1. The molecule has 4 nitrogen and oxygen atoms in total. The fourth-order valence-corrected chi connectivity index (χ4v) is 2.74. The topological polar surface area (TPSA) is 44.8 Å². The monoisotopic (exact) mass is 356 g/mol. The number of aryl methyl sites for hydroxylation is 1. The lowest BCUT2D eigenvalue weighted by Gasteiger charge is -2.22. The van der Waals surface area contributed by atoms with Gasteiger partial charge in [-0.05, 0) is 42.5 Å². The third kappa shape index (κ3) is 5.25. The summed E-state index contributed by atoms with van der Waals surface area (Å²) >= 11 is 0. The van der Waals surface area contributed by atoms with E-state index in [4.69, 9.17) is 14.2 Å². The molecule has 0 amide bonds. The van der Waals surface area contributed by atoms with Gasteiger partial charge in [0.2, 0.25) is 0 Å². The summed E-state index contributed by atoms with van der Waals surface area (Å²) < 4.78 is 16.5. The van der Waals surface area contributed by atoms with E-state index in [1.807, 2.05) is 49.4 Å². The molecule has 2 rings (SSSR count). The highest BCUT2D eigenvalue weighted by molar-refractivity contribution is 5.73. The molecule has 0 aromatic heterocycles. The SMILES string of the molecule is CCOc1ccc(CCC(=O)Oc2ccccc2C(C)(C)C)cc1OC. The van der Waals surface area contributed by atoms with Crippen molar-refractivity contribution in [2.24, 2.45) is 0 Å². The van der Waals surface area contributed by atoms with Crippen LogP contribution in [0.1, 0.15) is 45.2 Å². The zero-order valence-electron chi connectivity index (χ0n) is 16.3. The lowest BCUT2D eigenvalue weighted by molar-refractivity contribution is -0.134. The van der Waals surface area contributed by atoms with Crippen LogP contribution >= 0.6 is 0 Å². The maximum atomic E-state index is 12.3. The minimum absolute atomic E-state index is 0.0840. The first-order valence-corrected chi connectivity index (χ1v) is 8.95. The third-order valence-electron chi connectivity index (χ3n) is 4.06. The van der Waals surface area contributed by atoms with Crippen molar-refractivity contribution >= 4 is 5.97 Å². The van der Waals surface area contributed by atoms with Gasteiger partial charge in [-0.2, -0.15) is 0 Å². The number of rotatable bonds is 7. The van der Waals surface area contributed by atoms with Crippen molar-refractivity contribution in [3.05, 3.63) is 53.6 Å². The summed E-state index contributed by atoms with van der Waals surface area (Å²) in [5.74, 6) is 1.78. The van der Waals surface area contributed by atoms with E-state index < -0.39 is 0 Å². The molecule has 0 heterocycles. The Labute approximate surface area is 156 Å². The van der Waals surface area contributed by atoms with Crippen molar-refractivity contribution in [2.75, 3.05) is 13.7 Å². The van der Waals surface area contributed by atoms with Crippen LogP contribution in [0.3, 0.4) is 0 Å². The smallest absolute Gasteiger partial charge is 0.311 e. The molecule has 0 saturated carbocycles. The maximum Gasteiger partial charge on any atom is 0.311 e. The van der Waals surface area contributed by atoms with Gasteiger partial charge in [0.05, 0.1) is 13.7 Å². The molecule has 4 heteroatoms. The Morgan fingerprint density at radius 3 is 2.38 bits per heavy atom. The number of hydrogen-bond donors (Lipinski definition) is 0. The summed E-state index contributed by atoms with van der Waals surface area (Å²) in [6.45, 7) is 8.82. The maximum absolute atomic E-state index is 12.3. The molecule has 2 aromatic rings. The van der Waals surface area contributed by atoms with Gasteiger partial charge in [0.15, 0.2) is 11.5 Å². The Morgan fingerprint density at radius 2 is 1.73 bits per heavy atom. The minimum atomic E-state index is -0.241. The number of esters is 1. The lowest BCUT2D eigenvalue weighted by Crippen LogP contribution is -2.16. The number of ether oxygens (including phenoxy) is 3. The van der Waals surface area contributed by atoms with Crippen molar-refractivity contribution in [3.8, 4) is 17.2 Å². The Balaban J connectivity index is 2.02. The zero-order chi connectivity index (χ0) is 19.2. The largest absolute Gasteiger partial charge is 0.493 e. The standard InChI is InChI=1S/C22H28O4/c1-6-25-19-13-11-16(15-20(19)24-5)12-14-21(23)26-18-10-8-7-9-17(18)22(2,3)4/h7-11,13,15H,6,12,14H2,1-5H3. The minimum Gasteiger partial charge on any atom is -0.493 e. The van der Waals surface area contributed by atoms with Gasteiger partial charge in [0, 0.05) is 12.0 Å². The highest BCUT2D eigenvalue weighted by Gasteiger charge is 2.20. The van der Waals surface area contributed by atoms with Crippen LogP contribution in [0, 0.1) is 0 Å². The number of para-hydroxylation sites is 1. The van der Waals surface area contributed by atoms with Crippen LogP contribution in [0.25, 0.3) is 0 Å². The first-order chi connectivity index (χ1) is 12.3. The fraction of sp³-hybridized carbons (Fsp3) is 0.409. The summed E-state index contributed by atoms with van der Waals surface area (Å²) in [6, 6.07) is 13.4. The molecule has 0 unspecified atom stereocenters. The first-order valence-electron chi connectivity index (χ1n) is 8.95. The van der Waals surface area contributed by atoms with Gasteiger partial charge in [-0.25, -0.2) is 0 Å². The van der Waals surface area contributed by atoms with Crippen LogP contribution in [0.5, 0.6) is 17.2 Å². The molecule has 26 heavy (non-hydrogen) atoms. The molecular weight excluding hydrogens is 328 g/mol. The summed E-state index contributed by atoms with van der Waals surface area (Å²) in [5.41, 5.74) is 1.95. The average molecular weight is 356 g/mol. The van der Waals surface area contributed by atoms with Crippen molar-refractivity contribution in [3.63, 3.8) is 0 Å². The van der Waals surface area contributed by atoms with Crippen LogP contribution in [0.4, 0.5) is 0 Å². The van der Waals surface area contributed by atoms with Crippen molar-refractivity contribution in [1.82, 2.24) is 0 Å². The summed E-state index contributed by atoms with van der Waals surface area (Å²) in [5, 5.41) is 0. The average Bonchev–Trinajstić information content (AvgIpc) is 2.60. The highest BCUT2D eigenvalue weighted by Crippen LogP contribution is 2.31. The molecule has 0 N–H and O–H groups in total. The molecule has 0 aliphatic rings. The van der Waals surface area contributed by atoms with E-state index in [9.17, 15) is 4.79 Å². The normalized spacial score (nSPS) is 11.1. The molecule has 0 spiro atoms. The van der Waals surface area contributed by atoms with E-state index in [1.165, 1.54) is 0 Å². The third-order valence-corrected chi connectivity index (χ3v) is 4.06. The van der Waals surface area contributed by atoms with Gasteiger partial charge in [0.1, 0.15) is 5.75 Å². The van der Waals surface area contributed by atoms with E-state index in [2.05, 4.69) is 20.8 Å².